The number of cyclic esters (lactones) is 1. The van der Waals surface area contributed by atoms with Gasteiger partial charge < -0.3 is 4.74 Å². The molecule has 5 rings (SSSR count). The minimum Gasteiger partial charge on any atom is -0.462 e. The first kappa shape index (κ1) is 24.7. The summed E-state index contributed by atoms with van der Waals surface area (Å²) in [5.41, 5.74) is -4.73. The molecule has 1 unspecified atom stereocenters. The van der Waals surface area contributed by atoms with Gasteiger partial charge in [-0.1, -0.05) is 121 Å². The van der Waals surface area contributed by atoms with Gasteiger partial charge in [0.15, 0.2) is 28.5 Å². The molecule has 0 spiro atoms. The molecule has 6 heteroatoms. The highest BCUT2D eigenvalue weighted by Gasteiger charge is 2.70. The molecular formula is C32H22O6. The molecule has 0 aliphatic carbocycles. The molecule has 1 aliphatic heterocycles. The Labute approximate surface area is 218 Å². The smallest absolute Gasteiger partial charge is 0.335 e. The molecule has 1 aliphatic rings. The molecule has 0 aromatic heterocycles. The lowest BCUT2D eigenvalue weighted by atomic mass is 9.58. The van der Waals surface area contributed by atoms with Gasteiger partial charge in [-0.3, -0.25) is 19.2 Å². The molecule has 0 N–H and O–H groups in total. The Hall–Kier alpha value is -4.97. The zero-order valence-electron chi connectivity index (χ0n) is 20.2. The number of hydrogen-bond donors (Lipinski definition) is 0. The van der Waals surface area contributed by atoms with Crippen molar-refractivity contribution in [2.75, 3.05) is 6.61 Å². The van der Waals surface area contributed by atoms with Gasteiger partial charge in [0, 0.05) is 16.7 Å². The molecule has 0 radical (unpaired) electrons. The van der Waals surface area contributed by atoms with Crippen LogP contribution in [-0.2, 0) is 19.7 Å². The minimum atomic E-state index is -2.93. The summed E-state index contributed by atoms with van der Waals surface area (Å²) < 4.78 is 5.54. The minimum absolute atomic E-state index is 0.0295. The third kappa shape index (κ3) is 3.69. The summed E-state index contributed by atoms with van der Waals surface area (Å²) in [6, 6.07) is 31.4. The SMILES string of the molecule is O=C1OCC(C(=O)c2ccccc2)(c2ccccc2)C(=O)C1(C(=O)c1ccccc1)C(=O)c1ccccc1. The summed E-state index contributed by atoms with van der Waals surface area (Å²) >= 11 is 0. The Morgan fingerprint density at radius 2 is 0.895 bits per heavy atom. The maximum Gasteiger partial charge on any atom is 0.335 e. The van der Waals surface area contributed by atoms with E-state index in [2.05, 4.69) is 0 Å². The summed E-state index contributed by atoms with van der Waals surface area (Å²) in [6.07, 6.45) is 0. The van der Waals surface area contributed by atoms with Gasteiger partial charge in [-0.05, 0) is 5.56 Å². The standard InChI is InChI=1S/C32H22O6/c33-26(22-13-5-1-6-14-22)31(25-19-11-4-12-20-25)21-38-30(37)32(29(31)36,27(34)23-15-7-2-8-16-23)28(35)24-17-9-3-10-18-24/h1-20H,21H2. The number of ketones is 4. The van der Waals surface area contributed by atoms with E-state index in [1.807, 2.05) is 0 Å². The molecule has 1 fully saturated rings. The monoisotopic (exact) mass is 502 g/mol. The highest BCUT2D eigenvalue weighted by atomic mass is 16.5. The number of rotatable bonds is 7. The summed E-state index contributed by atoms with van der Waals surface area (Å²) in [4.78, 5) is 71.1. The second-order valence-electron chi connectivity index (χ2n) is 9.01. The largest absolute Gasteiger partial charge is 0.462 e. The van der Waals surface area contributed by atoms with Crippen molar-refractivity contribution in [3.8, 4) is 0 Å². The number of Topliss-reactive ketones (excluding diaryl/α,β-unsaturated/α-hetero) is 4. The van der Waals surface area contributed by atoms with Crippen LogP contribution in [0.25, 0.3) is 0 Å². The highest BCUT2D eigenvalue weighted by molar-refractivity contribution is 6.47. The average molecular weight is 503 g/mol. The van der Waals surface area contributed by atoms with Crippen LogP contribution in [0.2, 0.25) is 0 Å². The number of benzene rings is 4. The van der Waals surface area contributed by atoms with Crippen molar-refractivity contribution in [2.24, 2.45) is 5.41 Å². The van der Waals surface area contributed by atoms with Gasteiger partial charge in [0.2, 0.25) is 0 Å². The van der Waals surface area contributed by atoms with Crippen molar-refractivity contribution in [1.29, 1.82) is 0 Å². The predicted molar refractivity (Wildman–Crippen MR) is 139 cm³/mol. The van der Waals surface area contributed by atoms with Gasteiger partial charge in [-0.25, -0.2) is 4.79 Å². The number of carbonyl (C=O) groups excluding carboxylic acids is 5. The molecule has 1 atom stereocenters. The Morgan fingerprint density at radius 3 is 1.32 bits per heavy atom. The van der Waals surface area contributed by atoms with E-state index >= 15 is 0 Å². The zero-order valence-corrected chi connectivity index (χ0v) is 20.2. The van der Waals surface area contributed by atoms with Gasteiger partial charge in [-0.2, -0.15) is 0 Å². The fraction of sp³-hybridized carbons (Fsp3) is 0.0938. The fourth-order valence-corrected chi connectivity index (χ4v) is 4.94. The van der Waals surface area contributed by atoms with Gasteiger partial charge in [0.25, 0.3) is 5.41 Å². The second kappa shape index (κ2) is 9.82. The maximum absolute atomic E-state index is 14.9. The van der Waals surface area contributed by atoms with Gasteiger partial charge in [0.1, 0.15) is 6.61 Å². The number of hydrogen-bond acceptors (Lipinski definition) is 6. The lowest BCUT2D eigenvalue weighted by Crippen LogP contribution is -2.67. The van der Waals surface area contributed by atoms with E-state index in [1.54, 1.807) is 84.9 Å². The Kier molecular flexibility index (Phi) is 6.39. The van der Waals surface area contributed by atoms with E-state index in [4.69, 9.17) is 4.74 Å². The molecule has 6 nitrogen and oxygen atoms in total. The van der Waals surface area contributed by atoms with Crippen LogP contribution in [0.15, 0.2) is 121 Å². The van der Waals surface area contributed by atoms with Crippen molar-refractivity contribution in [2.45, 2.75) is 5.41 Å². The summed E-state index contributed by atoms with van der Waals surface area (Å²) in [7, 11) is 0. The fourth-order valence-electron chi connectivity index (χ4n) is 4.94. The van der Waals surface area contributed by atoms with E-state index in [1.165, 1.54) is 36.4 Å². The van der Waals surface area contributed by atoms with E-state index in [9.17, 15) is 24.0 Å². The van der Waals surface area contributed by atoms with E-state index < -0.39 is 46.5 Å². The normalized spacial score (nSPS) is 18.3. The first-order valence-corrected chi connectivity index (χ1v) is 12.0. The Bertz CT molecular complexity index is 1480. The molecule has 0 bridgehead atoms. The Balaban J connectivity index is 1.82. The number of carbonyl (C=O) groups is 5. The van der Waals surface area contributed by atoms with Crippen molar-refractivity contribution >= 4 is 29.1 Å². The van der Waals surface area contributed by atoms with Gasteiger partial charge >= 0.3 is 5.97 Å². The maximum atomic E-state index is 14.9. The van der Waals surface area contributed by atoms with E-state index in [-0.39, 0.29) is 22.3 Å². The highest BCUT2D eigenvalue weighted by Crippen LogP contribution is 2.45. The van der Waals surface area contributed by atoms with Crippen LogP contribution in [-0.4, -0.2) is 35.7 Å². The van der Waals surface area contributed by atoms with Crippen LogP contribution in [0.5, 0.6) is 0 Å². The zero-order chi connectivity index (χ0) is 26.8. The van der Waals surface area contributed by atoms with E-state index in [0.29, 0.717) is 0 Å². The molecule has 4 aromatic rings. The second-order valence-corrected chi connectivity index (χ2v) is 9.01. The molecule has 0 saturated carbocycles. The van der Waals surface area contributed by atoms with E-state index in [0.717, 1.165) is 0 Å². The van der Waals surface area contributed by atoms with Crippen LogP contribution in [0.4, 0.5) is 0 Å². The number of ether oxygens (including phenoxy) is 1. The molecular weight excluding hydrogens is 480 g/mol. The number of esters is 1. The first-order chi connectivity index (χ1) is 18.4. The summed E-state index contributed by atoms with van der Waals surface area (Å²) in [5, 5.41) is 0. The average Bonchev–Trinajstić information content (AvgIpc) is 2.99. The quantitative estimate of drug-likeness (QED) is 0.207. The van der Waals surface area contributed by atoms with Crippen molar-refractivity contribution < 1.29 is 28.7 Å². The lowest BCUT2D eigenvalue weighted by Gasteiger charge is -2.42. The lowest BCUT2D eigenvalue weighted by molar-refractivity contribution is -0.164. The van der Waals surface area contributed by atoms with Crippen LogP contribution >= 0.6 is 0 Å². The topological polar surface area (TPSA) is 94.6 Å². The molecule has 4 aromatic carbocycles. The van der Waals surface area contributed by atoms with Crippen LogP contribution in [0, 0.1) is 5.41 Å². The van der Waals surface area contributed by atoms with Crippen molar-refractivity contribution in [3.63, 3.8) is 0 Å². The molecule has 1 saturated heterocycles. The molecule has 1 heterocycles. The molecule has 0 amide bonds. The van der Waals surface area contributed by atoms with Gasteiger partial charge in [-0.15, -0.1) is 0 Å². The summed E-state index contributed by atoms with van der Waals surface area (Å²) in [6.45, 7) is -0.645. The van der Waals surface area contributed by atoms with Crippen LogP contribution in [0.3, 0.4) is 0 Å². The molecule has 38 heavy (non-hydrogen) atoms. The first-order valence-electron chi connectivity index (χ1n) is 12.0. The van der Waals surface area contributed by atoms with Crippen molar-refractivity contribution in [3.05, 3.63) is 144 Å². The predicted octanol–water partition coefficient (Wildman–Crippen LogP) is 4.69. The summed E-state index contributed by atoms with van der Waals surface area (Å²) in [5.74, 6) is -5.17. The third-order valence-electron chi connectivity index (χ3n) is 6.90. The Morgan fingerprint density at radius 1 is 0.526 bits per heavy atom. The third-order valence-corrected chi connectivity index (χ3v) is 6.90. The molecule has 186 valence electrons. The van der Waals surface area contributed by atoms with Crippen LogP contribution < -0.4 is 0 Å². The van der Waals surface area contributed by atoms with Gasteiger partial charge in [0.05, 0.1) is 0 Å². The van der Waals surface area contributed by atoms with Crippen LogP contribution in [0.1, 0.15) is 36.6 Å². The van der Waals surface area contributed by atoms with Crippen molar-refractivity contribution in [1.82, 2.24) is 0 Å².